The van der Waals surface area contributed by atoms with E-state index in [1.54, 1.807) is 0 Å². The molecule has 66 valence electrons. The van der Waals surface area contributed by atoms with Gasteiger partial charge in [0.05, 0.1) is 7.11 Å². The fourth-order valence-electron chi connectivity index (χ4n) is 0.415. The number of hydrogen-bond acceptors (Lipinski definition) is 4. The highest BCUT2D eigenvalue weighted by Gasteiger charge is 2.43. The van der Waals surface area contributed by atoms with E-state index in [1.165, 1.54) is 5.97 Å². The average molecular weight is 177 g/mol. The quantitative estimate of drug-likeness (QED) is 0.463. The zero-order chi connectivity index (χ0) is 9.78. The van der Waals surface area contributed by atoms with Gasteiger partial charge in [-0.05, 0) is 6.82 Å². The highest BCUT2D eigenvalue weighted by molar-refractivity contribution is 6.59. The normalized spacial score (nSPS) is 10.2. The maximum absolute atomic E-state index is 12.4. The van der Waals surface area contributed by atoms with Crippen LogP contribution >= 0.6 is 0 Å². The first-order chi connectivity index (χ1) is 5.44. The van der Waals surface area contributed by atoms with E-state index in [9.17, 15) is 13.6 Å². The van der Waals surface area contributed by atoms with Gasteiger partial charge in [-0.15, -0.1) is 0 Å². The van der Waals surface area contributed by atoms with Crippen molar-refractivity contribution in [2.75, 3.05) is 7.11 Å². The van der Waals surface area contributed by atoms with Gasteiger partial charge in [-0.3, -0.25) is 0 Å². The molecule has 0 bridgehead atoms. The Morgan fingerprint density at radius 1 is 1.67 bits per heavy atom. The van der Waals surface area contributed by atoms with Crippen molar-refractivity contribution in [2.45, 2.75) is 12.9 Å². The Balaban J connectivity index is 4.24. The second-order valence-electron chi connectivity index (χ2n) is 1.90. The van der Waals surface area contributed by atoms with Gasteiger partial charge in [-0.1, -0.05) is 0 Å². The van der Waals surface area contributed by atoms with E-state index in [2.05, 4.69) is 9.39 Å². The largest absolute Gasteiger partial charge is 0.463 e. The molecular formula is C5H6BF2NO3. The van der Waals surface area contributed by atoms with Crippen molar-refractivity contribution in [3.05, 3.63) is 0 Å². The van der Waals surface area contributed by atoms with E-state index in [-0.39, 0.29) is 0 Å². The summed E-state index contributed by atoms with van der Waals surface area (Å²) in [5.41, 5.74) is 0. The summed E-state index contributed by atoms with van der Waals surface area (Å²) in [6.45, 7) is -0.268. The van der Waals surface area contributed by atoms with Crippen LogP contribution in [-0.2, 0) is 14.2 Å². The Morgan fingerprint density at radius 3 is 2.50 bits per heavy atom. The Bertz CT molecular complexity index is 215. The second-order valence-corrected chi connectivity index (χ2v) is 1.90. The van der Waals surface area contributed by atoms with Crippen LogP contribution in [-0.4, -0.2) is 26.1 Å². The first kappa shape index (κ1) is 10.8. The maximum atomic E-state index is 12.4. The molecule has 0 aromatic carbocycles. The molecule has 0 saturated heterocycles. The molecule has 0 aliphatic carbocycles. The first-order valence-corrected chi connectivity index (χ1v) is 2.97. The van der Waals surface area contributed by atoms with Gasteiger partial charge >= 0.3 is 19.0 Å². The standard InChI is InChI=1S/C5H6BF2NO3/c1-6(3-9)12-5(7,8)4(10)11-2/h1-2H3. The molecule has 0 unspecified atom stereocenters. The Kier molecular flexibility index (Phi) is 3.63. The van der Waals surface area contributed by atoms with Gasteiger partial charge in [0.2, 0.25) is 0 Å². The predicted molar refractivity (Wildman–Crippen MR) is 35.3 cm³/mol. The molecule has 0 spiro atoms. The molecule has 0 radical (unpaired) electrons. The van der Waals surface area contributed by atoms with Crippen molar-refractivity contribution in [3.8, 4) is 5.97 Å². The van der Waals surface area contributed by atoms with E-state index in [0.717, 1.165) is 13.9 Å². The van der Waals surface area contributed by atoms with E-state index in [1.807, 2.05) is 0 Å². The summed E-state index contributed by atoms with van der Waals surface area (Å²) in [5.74, 6) is -0.425. The van der Waals surface area contributed by atoms with Gasteiger partial charge in [0.1, 0.15) is 0 Å². The summed E-state index contributed by atoms with van der Waals surface area (Å²) in [6, 6.07) is 0. The molecule has 0 aromatic heterocycles. The average Bonchev–Trinajstić information content (AvgIpc) is 2.02. The molecule has 0 aliphatic heterocycles. The Hall–Kier alpha value is -1.16. The fourth-order valence-corrected chi connectivity index (χ4v) is 0.415. The molecule has 0 atom stereocenters. The van der Waals surface area contributed by atoms with E-state index >= 15 is 0 Å². The predicted octanol–water partition coefficient (Wildman–Crippen LogP) is 0.453. The van der Waals surface area contributed by atoms with Crippen LogP contribution in [0, 0.1) is 11.2 Å². The van der Waals surface area contributed by atoms with Crippen molar-refractivity contribution in [2.24, 2.45) is 0 Å². The number of methoxy groups -OCH3 is 1. The zero-order valence-corrected chi connectivity index (χ0v) is 6.51. The van der Waals surface area contributed by atoms with Crippen molar-refractivity contribution >= 4 is 12.9 Å². The van der Waals surface area contributed by atoms with E-state index in [4.69, 9.17) is 5.26 Å². The summed E-state index contributed by atoms with van der Waals surface area (Å²) in [5, 5.41) is 8.09. The number of ether oxygens (including phenoxy) is 1. The zero-order valence-electron chi connectivity index (χ0n) is 6.51. The molecule has 0 rings (SSSR count). The summed E-state index contributed by atoms with van der Waals surface area (Å²) >= 11 is 0. The minimum atomic E-state index is -4.05. The van der Waals surface area contributed by atoms with Crippen molar-refractivity contribution in [1.29, 1.82) is 5.26 Å². The monoisotopic (exact) mass is 177 g/mol. The molecule has 7 heteroatoms. The number of carbonyl (C=O) groups excluding carboxylic acids is 1. The molecule has 12 heavy (non-hydrogen) atoms. The Labute approximate surface area is 68.2 Å². The van der Waals surface area contributed by atoms with Gasteiger partial charge in [0, 0.05) is 5.97 Å². The third kappa shape index (κ3) is 2.84. The molecule has 0 aromatic rings. The summed E-state index contributed by atoms with van der Waals surface area (Å²) in [6.07, 6.45) is -4.05. The van der Waals surface area contributed by atoms with Crippen LogP contribution in [0.2, 0.25) is 6.82 Å². The van der Waals surface area contributed by atoms with Crippen LogP contribution in [0.3, 0.4) is 0 Å². The third-order valence-corrected chi connectivity index (χ3v) is 0.930. The molecule has 0 fully saturated rings. The molecule has 0 saturated carbocycles. The number of carbonyl (C=O) groups is 1. The smallest absolute Gasteiger partial charge is 0.443 e. The van der Waals surface area contributed by atoms with E-state index < -0.39 is 19.0 Å². The van der Waals surface area contributed by atoms with Gasteiger partial charge in [-0.2, -0.15) is 8.78 Å². The second kappa shape index (κ2) is 4.02. The number of halogens is 2. The lowest BCUT2D eigenvalue weighted by molar-refractivity contribution is -0.215. The third-order valence-electron chi connectivity index (χ3n) is 0.930. The van der Waals surface area contributed by atoms with Crippen LogP contribution < -0.4 is 0 Å². The molecule has 0 heterocycles. The van der Waals surface area contributed by atoms with Crippen LogP contribution in [0.4, 0.5) is 8.78 Å². The Morgan fingerprint density at radius 2 is 2.17 bits per heavy atom. The van der Waals surface area contributed by atoms with Gasteiger partial charge < -0.3 is 9.39 Å². The number of nitriles is 1. The minimum Gasteiger partial charge on any atom is -0.463 e. The highest BCUT2D eigenvalue weighted by Crippen LogP contribution is 2.17. The topological polar surface area (TPSA) is 59.3 Å². The number of alkyl halides is 2. The van der Waals surface area contributed by atoms with Crippen molar-refractivity contribution in [1.82, 2.24) is 0 Å². The van der Waals surface area contributed by atoms with Crippen molar-refractivity contribution < 1.29 is 23.0 Å². The first-order valence-electron chi connectivity index (χ1n) is 2.97. The van der Waals surface area contributed by atoms with Crippen molar-refractivity contribution in [3.63, 3.8) is 0 Å². The molecule has 0 aliphatic rings. The van der Waals surface area contributed by atoms with Crippen LogP contribution in [0.15, 0.2) is 0 Å². The minimum absolute atomic E-state index is 0.802. The highest BCUT2D eigenvalue weighted by atomic mass is 19.3. The molecule has 0 amide bonds. The summed E-state index contributed by atoms with van der Waals surface area (Å²) in [4.78, 5) is 10.3. The summed E-state index contributed by atoms with van der Waals surface area (Å²) < 4.78 is 32.3. The number of hydrogen-bond donors (Lipinski definition) is 0. The lowest BCUT2D eigenvalue weighted by Gasteiger charge is -2.13. The van der Waals surface area contributed by atoms with E-state index in [0.29, 0.717) is 0 Å². The lowest BCUT2D eigenvalue weighted by Crippen LogP contribution is -2.37. The van der Waals surface area contributed by atoms with Gasteiger partial charge in [0.25, 0.3) is 0 Å². The van der Waals surface area contributed by atoms with Crippen LogP contribution in [0.25, 0.3) is 0 Å². The molecular weight excluding hydrogens is 171 g/mol. The molecule has 4 nitrogen and oxygen atoms in total. The fraction of sp³-hybridized carbons (Fsp3) is 0.600. The lowest BCUT2D eigenvalue weighted by atomic mass is 9.74. The van der Waals surface area contributed by atoms with Crippen LogP contribution in [0.5, 0.6) is 0 Å². The SMILES string of the molecule is COC(=O)C(F)(F)OB(C)C#N. The number of rotatable bonds is 3. The molecule has 0 N–H and O–H groups in total. The summed E-state index contributed by atoms with van der Waals surface area (Å²) in [7, 11) is 0.802. The number of esters is 1. The van der Waals surface area contributed by atoms with Crippen LogP contribution in [0.1, 0.15) is 0 Å². The maximum Gasteiger partial charge on any atom is 0.443 e. The van der Waals surface area contributed by atoms with Gasteiger partial charge in [0.15, 0.2) is 0 Å². The number of nitrogens with zero attached hydrogens (tertiary/aromatic N) is 1. The van der Waals surface area contributed by atoms with Gasteiger partial charge in [-0.25, -0.2) is 10.1 Å².